The molecule has 1 fully saturated rings. The number of nitrogens with zero attached hydrogens (tertiary/aromatic N) is 2. The van der Waals surface area contributed by atoms with Gasteiger partial charge in [0.15, 0.2) is 0 Å². The minimum atomic E-state index is -0.444. The van der Waals surface area contributed by atoms with Crippen LogP contribution in [0.3, 0.4) is 0 Å². The first-order chi connectivity index (χ1) is 10.5. The van der Waals surface area contributed by atoms with Crippen molar-refractivity contribution in [2.24, 2.45) is 5.92 Å². The fourth-order valence-electron chi connectivity index (χ4n) is 2.82. The molecule has 0 radical (unpaired) electrons. The fraction of sp³-hybridized carbons (Fsp3) is 0.400. The van der Waals surface area contributed by atoms with Crippen LogP contribution in [0.2, 0.25) is 5.02 Å². The van der Waals surface area contributed by atoms with E-state index in [1.807, 2.05) is 4.90 Å². The second-order valence-electron chi connectivity index (χ2n) is 5.68. The lowest BCUT2D eigenvalue weighted by atomic mass is 10.0. The summed E-state index contributed by atoms with van der Waals surface area (Å²) in [6, 6.07) is 4.50. The molecule has 1 amide bonds. The second kappa shape index (κ2) is 5.85. The maximum Gasteiger partial charge on any atom is 0.270 e. The minimum Gasteiger partial charge on any atom is -0.338 e. The lowest BCUT2D eigenvalue weighted by Gasteiger charge is -2.30. The largest absolute Gasteiger partial charge is 0.338 e. The van der Waals surface area contributed by atoms with Crippen molar-refractivity contribution in [1.82, 2.24) is 4.90 Å². The Kier molecular flexibility index (Phi) is 4.06. The van der Waals surface area contributed by atoms with E-state index in [0.29, 0.717) is 25.9 Å². The molecule has 116 valence electrons. The summed E-state index contributed by atoms with van der Waals surface area (Å²) in [7, 11) is 0. The summed E-state index contributed by atoms with van der Waals surface area (Å²) in [4.78, 5) is 25.4. The number of hydrogen-bond acceptors (Lipinski definition) is 4. The van der Waals surface area contributed by atoms with Gasteiger partial charge in [-0.05, 0) is 24.8 Å². The predicted octanol–water partition coefficient (Wildman–Crippen LogP) is 4.34. The van der Waals surface area contributed by atoms with Crippen molar-refractivity contribution in [3.05, 3.63) is 38.2 Å². The molecular formula is C15H15ClN2O3S. The number of nitro groups is 1. The van der Waals surface area contributed by atoms with Crippen molar-refractivity contribution in [2.75, 3.05) is 13.1 Å². The zero-order valence-electron chi connectivity index (χ0n) is 12.0. The molecular weight excluding hydrogens is 324 g/mol. The van der Waals surface area contributed by atoms with Crippen LogP contribution in [0.25, 0.3) is 10.1 Å². The van der Waals surface area contributed by atoms with Crippen molar-refractivity contribution < 1.29 is 9.72 Å². The molecule has 1 atom stereocenters. The van der Waals surface area contributed by atoms with Crippen LogP contribution in [0, 0.1) is 16.0 Å². The van der Waals surface area contributed by atoms with Crippen molar-refractivity contribution in [1.29, 1.82) is 0 Å². The van der Waals surface area contributed by atoms with E-state index in [1.165, 1.54) is 23.5 Å². The molecule has 1 saturated heterocycles. The third-order valence-corrected chi connectivity index (χ3v) is 5.61. The third kappa shape index (κ3) is 2.68. The lowest BCUT2D eigenvalue weighted by Crippen LogP contribution is -2.38. The van der Waals surface area contributed by atoms with E-state index in [0.717, 1.165) is 25.9 Å². The molecule has 7 heteroatoms. The number of likely N-dealkylation sites (tertiary alicyclic amines) is 1. The Hall–Kier alpha value is -1.66. The Morgan fingerprint density at radius 3 is 2.95 bits per heavy atom. The molecule has 0 saturated carbocycles. The first kappa shape index (κ1) is 15.2. The van der Waals surface area contributed by atoms with Gasteiger partial charge in [0, 0.05) is 35.3 Å². The van der Waals surface area contributed by atoms with Gasteiger partial charge < -0.3 is 4.90 Å². The molecule has 3 rings (SSSR count). The van der Waals surface area contributed by atoms with Crippen LogP contribution in [-0.4, -0.2) is 28.8 Å². The van der Waals surface area contributed by atoms with E-state index in [2.05, 4.69) is 6.92 Å². The van der Waals surface area contributed by atoms with Gasteiger partial charge in [-0.25, -0.2) is 0 Å². The van der Waals surface area contributed by atoms with Gasteiger partial charge in [-0.2, -0.15) is 0 Å². The van der Waals surface area contributed by atoms with Crippen molar-refractivity contribution >= 4 is 44.6 Å². The second-order valence-corrected chi connectivity index (χ2v) is 7.11. The van der Waals surface area contributed by atoms with Gasteiger partial charge in [0.2, 0.25) is 0 Å². The maximum atomic E-state index is 12.7. The van der Waals surface area contributed by atoms with Gasteiger partial charge in [-0.15, -0.1) is 11.3 Å². The fourth-order valence-corrected chi connectivity index (χ4v) is 4.34. The Morgan fingerprint density at radius 1 is 1.50 bits per heavy atom. The summed E-state index contributed by atoms with van der Waals surface area (Å²) in [6.45, 7) is 3.62. The van der Waals surface area contributed by atoms with Gasteiger partial charge in [-0.1, -0.05) is 18.5 Å². The standard InChI is InChI=1S/C15H15ClN2O3S/c1-9-3-2-6-17(8-9)15(19)14-13(16)11-5-4-10(18(20)21)7-12(11)22-14/h4-5,7,9H,2-3,6,8H2,1H3/t9-/m0/s1. The third-order valence-electron chi connectivity index (χ3n) is 3.96. The molecule has 1 aliphatic heterocycles. The number of carbonyl (C=O) groups is 1. The first-order valence-corrected chi connectivity index (χ1v) is 8.32. The van der Waals surface area contributed by atoms with Crippen LogP contribution in [0.4, 0.5) is 5.69 Å². The highest BCUT2D eigenvalue weighted by Gasteiger charge is 2.26. The molecule has 0 spiro atoms. The van der Waals surface area contributed by atoms with Crippen LogP contribution in [0.5, 0.6) is 0 Å². The number of halogens is 1. The molecule has 0 N–H and O–H groups in total. The van der Waals surface area contributed by atoms with E-state index < -0.39 is 4.92 Å². The quantitative estimate of drug-likeness (QED) is 0.604. The average Bonchev–Trinajstić information content (AvgIpc) is 2.83. The molecule has 22 heavy (non-hydrogen) atoms. The Balaban J connectivity index is 1.98. The molecule has 0 unspecified atom stereocenters. The van der Waals surface area contributed by atoms with Gasteiger partial charge in [0.05, 0.1) is 9.95 Å². The van der Waals surface area contributed by atoms with Crippen LogP contribution in [-0.2, 0) is 0 Å². The first-order valence-electron chi connectivity index (χ1n) is 7.13. The lowest BCUT2D eigenvalue weighted by molar-refractivity contribution is -0.384. The van der Waals surface area contributed by atoms with Gasteiger partial charge in [0.1, 0.15) is 4.88 Å². The Labute approximate surface area is 136 Å². The average molecular weight is 339 g/mol. The van der Waals surface area contributed by atoms with Crippen LogP contribution < -0.4 is 0 Å². The van der Waals surface area contributed by atoms with E-state index >= 15 is 0 Å². The number of piperidine rings is 1. The highest BCUT2D eigenvalue weighted by molar-refractivity contribution is 7.21. The molecule has 0 aliphatic carbocycles. The monoisotopic (exact) mass is 338 g/mol. The van der Waals surface area contributed by atoms with Crippen LogP contribution >= 0.6 is 22.9 Å². The molecule has 1 aromatic heterocycles. The van der Waals surface area contributed by atoms with Crippen LogP contribution in [0.1, 0.15) is 29.4 Å². The number of fused-ring (bicyclic) bond motifs is 1. The number of non-ortho nitro benzene ring substituents is 1. The molecule has 2 heterocycles. The number of thiophene rings is 1. The maximum absolute atomic E-state index is 12.7. The summed E-state index contributed by atoms with van der Waals surface area (Å²) in [5.74, 6) is 0.423. The molecule has 5 nitrogen and oxygen atoms in total. The highest BCUT2D eigenvalue weighted by Crippen LogP contribution is 2.38. The van der Waals surface area contributed by atoms with Gasteiger partial charge >= 0.3 is 0 Å². The summed E-state index contributed by atoms with van der Waals surface area (Å²) < 4.78 is 0.674. The van der Waals surface area contributed by atoms with E-state index in [4.69, 9.17) is 11.6 Å². The van der Waals surface area contributed by atoms with Gasteiger partial charge in [0.25, 0.3) is 11.6 Å². The predicted molar refractivity (Wildman–Crippen MR) is 87.8 cm³/mol. The van der Waals surface area contributed by atoms with Crippen molar-refractivity contribution in [2.45, 2.75) is 19.8 Å². The summed E-state index contributed by atoms with van der Waals surface area (Å²) >= 11 is 7.56. The smallest absolute Gasteiger partial charge is 0.270 e. The molecule has 1 aliphatic rings. The summed E-state index contributed by atoms with van der Waals surface area (Å²) in [5.41, 5.74) is 0.0102. The number of carbonyl (C=O) groups excluding carboxylic acids is 1. The zero-order chi connectivity index (χ0) is 15.9. The topological polar surface area (TPSA) is 63.5 Å². The summed E-state index contributed by atoms with van der Waals surface area (Å²) in [6.07, 6.45) is 2.14. The van der Waals surface area contributed by atoms with Crippen molar-refractivity contribution in [3.8, 4) is 0 Å². The normalized spacial score (nSPS) is 18.6. The van der Waals surface area contributed by atoms with Crippen LogP contribution in [0.15, 0.2) is 18.2 Å². The SMILES string of the molecule is C[C@H]1CCCN(C(=O)c2sc3cc([N+](=O)[O-])ccc3c2Cl)C1. The highest BCUT2D eigenvalue weighted by atomic mass is 35.5. The Morgan fingerprint density at radius 2 is 2.27 bits per heavy atom. The van der Waals surface area contributed by atoms with E-state index in [1.54, 1.807) is 6.07 Å². The minimum absolute atomic E-state index is 0.0102. The van der Waals surface area contributed by atoms with E-state index in [-0.39, 0.29) is 11.6 Å². The zero-order valence-corrected chi connectivity index (χ0v) is 13.6. The number of hydrogen-bond donors (Lipinski definition) is 0. The molecule has 2 aromatic rings. The summed E-state index contributed by atoms with van der Waals surface area (Å²) in [5, 5.41) is 12.0. The molecule has 0 bridgehead atoms. The number of nitro benzene ring substituents is 1. The van der Waals surface area contributed by atoms with Gasteiger partial charge in [-0.3, -0.25) is 14.9 Å². The molecule has 1 aromatic carbocycles. The number of rotatable bonds is 2. The van der Waals surface area contributed by atoms with Crippen molar-refractivity contribution in [3.63, 3.8) is 0 Å². The Bertz CT molecular complexity index is 759. The number of benzene rings is 1. The van der Waals surface area contributed by atoms with E-state index in [9.17, 15) is 14.9 Å². The number of amides is 1.